The quantitative estimate of drug-likeness (QED) is 0.776. The van der Waals surface area contributed by atoms with Crippen LogP contribution in [0.15, 0.2) is 18.2 Å². The first-order chi connectivity index (χ1) is 8.86. The number of alkyl halides is 3. The first-order valence-electron chi connectivity index (χ1n) is 5.90. The van der Waals surface area contributed by atoms with E-state index in [1.54, 1.807) is 17.9 Å². The molecule has 0 unspecified atom stereocenters. The summed E-state index contributed by atoms with van der Waals surface area (Å²) in [5, 5.41) is 0. The van der Waals surface area contributed by atoms with Crippen molar-refractivity contribution in [2.24, 2.45) is 0 Å². The number of halogens is 3. The maximum atomic E-state index is 12.9. The van der Waals surface area contributed by atoms with Gasteiger partial charge in [-0.2, -0.15) is 13.2 Å². The molecule has 19 heavy (non-hydrogen) atoms. The van der Waals surface area contributed by atoms with Crippen molar-refractivity contribution >= 4 is 11.7 Å². The highest BCUT2D eigenvalue weighted by Crippen LogP contribution is 2.40. The number of ether oxygens (including phenoxy) is 1. The van der Waals surface area contributed by atoms with Gasteiger partial charge >= 0.3 is 12.1 Å². The standard InChI is InChI=1S/C13H14F3NO2/c1-8(12(18)19-2)17-7-6-9-10(13(14,15)16)4-3-5-11(9)17/h3-5,8H,6-7H2,1-2H3/t8-/m0/s1. The fourth-order valence-electron chi connectivity index (χ4n) is 2.42. The van der Waals surface area contributed by atoms with Gasteiger partial charge in [0.25, 0.3) is 0 Å². The maximum absolute atomic E-state index is 12.9. The van der Waals surface area contributed by atoms with Crippen molar-refractivity contribution in [1.82, 2.24) is 0 Å². The van der Waals surface area contributed by atoms with Crippen LogP contribution in [0.2, 0.25) is 0 Å². The van der Waals surface area contributed by atoms with E-state index in [2.05, 4.69) is 4.74 Å². The Morgan fingerprint density at radius 1 is 1.42 bits per heavy atom. The molecule has 1 aromatic carbocycles. The number of nitrogens with zero attached hydrogens (tertiary/aromatic N) is 1. The summed E-state index contributed by atoms with van der Waals surface area (Å²) in [6, 6.07) is 3.46. The van der Waals surface area contributed by atoms with Crippen LogP contribution < -0.4 is 4.90 Å². The highest BCUT2D eigenvalue weighted by atomic mass is 19.4. The smallest absolute Gasteiger partial charge is 0.416 e. The molecular weight excluding hydrogens is 259 g/mol. The van der Waals surface area contributed by atoms with Crippen molar-refractivity contribution in [2.45, 2.75) is 25.6 Å². The van der Waals surface area contributed by atoms with Gasteiger partial charge in [0.2, 0.25) is 0 Å². The fraction of sp³-hybridized carbons (Fsp3) is 0.462. The van der Waals surface area contributed by atoms with Crippen LogP contribution in [0.3, 0.4) is 0 Å². The van der Waals surface area contributed by atoms with Gasteiger partial charge in [0, 0.05) is 12.2 Å². The number of hydrogen-bond acceptors (Lipinski definition) is 3. The Hall–Kier alpha value is -1.72. The van der Waals surface area contributed by atoms with Crippen LogP contribution in [-0.4, -0.2) is 25.7 Å². The molecule has 0 saturated heterocycles. The molecule has 1 aromatic rings. The summed E-state index contributed by atoms with van der Waals surface area (Å²) in [5.74, 6) is -0.453. The second-order valence-corrected chi connectivity index (χ2v) is 4.44. The fourth-order valence-corrected chi connectivity index (χ4v) is 2.42. The zero-order chi connectivity index (χ0) is 14.2. The van der Waals surface area contributed by atoms with E-state index in [1.807, 2.05) is 0 Å². The topological polar surface area (TPSA) is 29.5 Å². The molecule has 1 atom stereocenters. The molecule has 6 heteroatoms. The van der Waals surface area contributed by atoms with Gasteiger partial charge in [0.1, 0.15) is 6.04 Å². The Kier molecular flexibility index (Phi) is 3.43. The summed E-state index contributed by atoms with van der Waals surface area (Å²) in [6.07, 6.45) is -4.08. The molecule has 2 rings (SSSR count). The number of carbonyl (C=O) groups is 1. The summed E-state index contributed by atoms with van der Waals surface area (Å²) < 4.78 is 43.3. The van der Waals surface area contributed by atoms with E-state index in [0.717, 1.165) is 6.07 Å². The first-order valence-corrected chi connectivity index (χ1v) is 5.90. The van der Waals surface area contributed by atoms with Crippen LogP contribution in [0, 0.1) is 0 Å². The maximum Gasteiger partial charge on any atom is 0.416 e. The highest BCUT2D eigenvalue weighted by molar-refractivity contribution is 5.81. The number of hydrogen-bond donors (Lipinski definition) is 0. The Bertz CT molecular complexity index is 499. The van der Waals surface area contributed by atoms with E-state index in [4.69, 9.17) is 0 Å². The van der Waals surface area contributed by atoms with E-state index in [-0.39, 0.29) is 12.0 Å². The van der Waals surface area contributed by atoms with Crippen molar-refractivity contribution in [2.75, 3.05) is 18.6 Å². The van der Waals surface area contributed by atoms with Gasteiger partial charge < -0.3 is 9.64 Å². The van der Waals surface area contributed by atoms with Crippen molar-refractivity contribution < 1.29 is 22.7 Å². The minimum Gasteiger partial charge on any atom is -0.467 e. The average Bonchev–Trinajstić information content (AvgIpc) is 2.79. The molecule has 3 nitrogen and oxygen atoms in total. The molecule has 0 aliphatic carbocycles. The normalized spacial score (nSPS) is 16.2. The third-order valence-electron chi connectivity index (χ3n) is 3.38. The zero-order valence-electron chi connectivity index (χ0n) is 10.6. The van der Waals surface area contributed by atoms with E-state index in [0.29, 0.717) is 12.2 Å². The number of fused-ring (bicyclic) bond motifs is 1. The number of benzene rings is 1. The van der Waals surface area contributed by atoms with Gasteiger partial charge in [-0.3, -0.25) is 0 Å². The van der Waals surface area contributed by atoms with Crippen LogP contribution in [0.25, 0.3) is 0 Å². The second-order valence-electron chi connectivity index (χ2n) is 4.44. The molecule has 0 radical (unpaired) electrons. The van der Waals surface area contributed by atoms with Gasteiger partial charge in [-0.25, -0.2) is 4.79 Å². The Morgan fingerprint density at radius 3 is 2.68 bits per heavy atom. The largest absolute Gasteiger partial charge is 0.467 e. The average molecular weight is 273 g/mol. The molecule has 0 aromatic heterocycles. The molecule has 104 valence electrons. The zero-order valence-corrected chi connectivity index (χ0v) is 10.6. The van der Waals surface area contributed by atoms with Crippen molar-refractivity contribution in [3.8, 4) is 0 Å². The summed E-state index contributed by atoms with van der Waals surface area (Å²) in [5.41, 5.74) is 0.100. The molecule has 1 aliphatic rings. The minimum atomic E-state index is -4.37. The third-order valence-corrected chi connectivity index (χ3v) is 3.38. The summed E-state index contributed by atoms with van der Waals surface area (Å²) in [6.45, 7) is 2.01. The summed E-state index contributed by atoms with van der Waals surface area (Å²) >= 11 is 0. The van der Waals surface area contributed by atoms with E-state index in [1.165, 1.54) is 13.2 Å². The summed E-state index contributed by atoms with van der Waals surface area (Å²) in [4.78, 5) is 13.2. The molecule has 0 bridgehead atoms. The van der Waals surface area contributed by atoms with Crippen molar-refractivity contribution in [3.63, 3.8) is 0 Å². The Labute approximate surface area is 109 Å². The van der Waals surface area contributed by atoms with Crippen LogP contribution >= 0.6 is 0 Å². The Balaban J connectivity index is 2.39. The Morgan fingerprint density at radius 2 is 2.11 bits per heavy atom. The van der Waals surface area contributed by atoms with E-state index in [9.17, 15) is 18.0 Å². The second kappa shape index (κ2) is 4.75. The predicted octanol–water partition coefficient (Wildman–Crippen LogP) is 2.63. The van der Waals surface area contributed by atoms with Crippen molar-refractivity contribution in [1.29, 1.82) is 0 Å². The summed E-state index contributed by atoms with van der Waals surface area (Å²) in [7, 11) is 1.27. The molecule has 0 saturated carbocycles. The number of esters is 1. The van der Waals surface area contributed by atoms with Gasteiger partial charge in [-0.1, -0.05) is 6.07 Å². The van der Waals surface area contributed by atoms with Crippen molar-refractivity contribution in [3.05, 3.63) is 29.3 Å². The third kappa shape index (κ3) is 2.39. The van der Waals surface area contributed by atoms with E-state index < -0.39 is 23.8 Å². The number of carbonyl (C=O) groups excluding carboxylic acids is 1. The first kappa shape index (κ1) is 13.7. The lowest BCUT2D eigenvalue weighted by Gasteiger charge is -2.25. The predicted molar refractivity (Wildman–Crippen MR) is 64.0 cm³/mol. The molecule has 1 heterocycles. The van der Waals surface area contributed by atoms with Gasteiger partial charge in [0.15, 0.2) is 0 Å². The number of anilines is 1. The molecule has 0 spiro atoms. The number of rotatable bonds is 2. The van der Waals surface area contributed by atoms with Crippen LogP contribution in [0.5, 0.6) is 0 Å². The number of methoxy groups -OCH3 is 1. The SMILES string of the molecule is COC(=O)[C@H](C)N1CCc2c1cccc2C(F)(F)F. The van der Waals surface area contributed by atoms with Gasteiger partial charge in [-0.15, -0.1) is 0 Å². The van der Waals surface area contributed by atoms with Crippen LogP contribution in [-0.2, 0) is 22.1 Å². The lowest BCUT2D eigenvalue weighted by Crippen LogP contribution is -2.38. The molecular formula is C13H14F3NO2. The van der Waals surface area contributed by atoms with Crippen LogP contribution in [0.4, 0.5) is 18.9 Å². The molecule has 0 amide bonds. The lowest BCUT2D eigenvalue weighted by atomic mass is 10.0. The van der Waals surface area contributed by atoms with E-state index >= 15 is 0 Å². The lowest BCUT2D eigenvalue weighted by molar-refractivity contribution is -0.141. The highest BCUT2D eigenvalue weighted by Gasteiger charge is 2.38. The van der Waals surface area contributed by atoms with Gasteiger partial charge in [0.05, 0.1) is 12.7 Å². The minimum absolute atomic E-state index is 0.255. The monoisotopic (exact) mass is 273 g/mol. The molecule has 0 N–H and O–H groups in total. The molecule has 1 aliphatic heterocycles. The van der Waals surface area contributed by atoms with Gasteiger partial charge in [-0.05, 0) is 31.0 Å². The van der Waals surface area contributed by atoms with Crippen LogP contribution in [0.1, 0.15) is 18.1 Å². The molecule has 0 fully saturated rings.